The molecule has 0 aliphatic rings. The Morgan fingerprint density at radius 3 is 2.39 bits per heavy atom. The first kappa shape index (κ1) is 13.9. The molecule has 6 heteroatoms. The second-order valence-electron chi connectivity index (χ2n) is 3.63. The van der Waals surface area contributed by atoms with Gasteiger partial charge in [-0.1, -0.05) is 17.7 Å². The summed E-state index contributed by atoms with van der Waals surface area (Å²) in [7, 11) is 1.65. The average molecular weight is 353 g/mol. The zero-order chi connectivity index (χ0) is 13.3. The molecule has 1 heterocycles. The third kappa shape index (κ3) is 2.59. The SMILES string of the molecule is CNC(c1cc(Cl)c(Br)s1)c1c(F)cccc1F. The van der Waals surface area contributed by atoms with Crippen molar-refractivity contribution in [3.63, 3.8) is 0 Å². The van der Waals surface area contributed by atoms with Gasteiger partial charge in [0.05, 0.1) is 14.9 Å². The molecule has 2 rings (SSSR count). The van der Waals surface area contributed by atoms with Crippen LogP contribution in [0.2, 0.25) is 5.02 Å². The molecule has 2 aromatic rings. The molecule has 0 aliphatic heterocycles. The maximum absolute atomic E-state index is 13.8. The molecule has 96 valence electrons. The van der Waals surface area contributed by atoms with Crippen LogP contribution in [0.4, 0.5) is 8.78 Å². The smallest absolute Gasteiger partial charge is 0.131 e. The number of nitrogens with one attached hydrogen (secondary N) is 1. The zero-order valence-corrected chi connectivity index (χ0v) is 12.5. The van der Waals surface area contributed by atoms with Gasteiger partial charge in [-0.15, -0.1) is 11.3 Å². The molecule has 0 fully saturated rings. The molecule has 0 bridgehead atoms. The van der Waals surface area contributed by atoms with Gasteiger partial charge in [0.15, 0.2) is 0 Å². The predicted octanol–water partition coefficient (Wildman–Crippen LogP) is 4.75. The quantitative estimate of drug-likeness (QED) is 0.840. The second-order valence-corrected chi connectivity index (χ2v) is 6.44. The van der Waals surface area contributed by atoms with Crippen molar-refractivity contribution in [3.8, 4) is 0 Å². The van der Waals surface area contributed by atoms with E-state index in [1.165, 1.54) is 29.5 Å². The van der Waals surface area contributed by atoms with Crippen molar-refractivity contribution < 1.29 is 8.78 Å². The minimum Gasteiger partial charge on any atom is -0.308 e. The summed E-state index contributed by atoms with van der Waals surface area (Å²) >= 11 is 10.6. The van der Waals surface area contributed by atoms with E-state index in [1.54, 1.807) is 13.1 Å². The first-order valence-corrected chi connectivity index (χ1v) is 7.09. The van der Waals surface area contributed by atoms with Crippen LogP contribution in [0.1, 0.15) is 16.5 Å². The fourth-order valence-electron chi connectivity index (χ4n) is 1.72. The van der Waals surface area contributed by atoms with Crippen molar-refractivity contribution in [1.29, 1.82) is 0 Å². The van der Waals surface area contributed by atoms with Gasteiger partial charge in [-0.3, -0.25) is 0 Å². The topological polar surface area (TPSA) is 12.0 Å². The molecule has 1 nitrogen and oxygen atoms in total. The normalized spacial score (nSPS) is 12.7. The van der Waals surface area contributed by atoms with Crippen molar-refractivity contribution in [2.24, 2.45) is 0 Å². The monoisotopic (exact) mass is 351 g/mol. The van der Waals surface area contributed by atoms with Crippen LogP contribution in [0.15, 0.2) is 28.1 Å². The Morgan fingerprint density at radius 2 is 1.94 bits per heavy atom. The molecule has 0 radical (unpaired) electrons. The van der Waals surface area contributed by atoms with Gasteiger partial charge in [0.1, 0.15) is 11.6 Å². The molecule has 18 heavy (non-hydrogen) atoms. The van der Waals surface area contributed by atoms with Gasteiger partial charge in [-0.2, -0.15) is 0 Å². The summed E-state index contributed by atoms with van der Waals surface area (Å²) in [6.07, 6.45) is 0. The predicted molar refractivity (Wildman–Crippen MR) is 74.3 cm³/mol. The maximum atomic E-state index is 13.8. The Bertz CT molecular complexity index is 533. The van der Waals surface area contributed by atoms with Crippen LogP contribution < -0.4 is 5.32 Å². The molecule has 0 saturated carbocycles. The lowest BCUT2D eigenvalue weighted by Crippen LogP contribution is -2.19. The van der Waals surface area contributed by atoms with E-state index in [0.717, 1.165) is 8.66 Å². The summed E-state index contributed by atoms with van der Waals surface area (Å²) in [5.41, 5.74) is 0.00502. The minimum atomic E-state index is -0.574. The highest BCUT2D eigenvalue weighted by Gasteiger charge is 2.22. The van der Waals surface area contributed by atoms with Crippen LogP contribution in [-0.4, -0.2) is 7.05 Å². The van der Waals surface area contributed by atoms with Gasteiger partial charge in [0.25, 0.3) is 0 Å². The molecule has 1 aromatic carbocycles. The highest BCUT2D eigenvalue weighted by Crippen LogP contribution is 2.38. The number of hydrogen-bond donors (Lipinski definition) is 1. The van der Waals surface area contributed by atoms with E-state index in [1.807, 2.05) is 0 Å². The number of benzene rings is 1. The number of hydrogen-bond acceptors (Lipinski definition) is 2. The van der Waals surface area contributed by atoms with Crippen molar-refractivity contribution in [3.05, 3.63) is 55.1 Å². The van der Waals surface area contributed by atoms with Crippen LogP contribution in [0.5, 0.6) is 0 Å². The van der Waals surface area contributed by atoms with E-state index in [2.05, 4.69) is 21.2 Å². The van der Waals surface area contributed by atoms with Gasteiger partial charge >= 0.3 is 0 Å². The number of halogens is 4. The molecule has 1 N–H and O–H groups in total. The van der Waals surface area contributed by atoms with Crippen LogP contribution >= 0.6 is 38.9 Å². The van der Waals surface area contributed by atoms with E-state index in [4.69, 9.17) is 11.6 Å². The summed E-state index contributed by atoms with van der Waals surface area (Å²) < 4.78 is 28.3. The van der Waals surface area contributed by atoms with Crippen LogP contribution in [0.3, 0.4) is 0 Å². The van der Waals surface area contributed by atoms with Gasteiger partial charge < -0.3 is 5.32 Å². The molecule has 1 atom stereocenters. The Labute approximate surface area is 121 Å². The average Bonchev–Trinajstić information content (AvgIpc) is 2.64. The first-order valence-electron chi connectivity index (χ1n) is 5.10. The fourth-order valence-corrected chi connectivity index (χ4v) is 3.59. The molecule has 1 unspecified atom stereocenters. The van der Waals surface area contributed by atoms with Gasteiger partial charge in [-0.25, -0.2) is 8.78 Å². The highest BCUT2D eigenvalue weighted by atomic mass is 79.9. The lowest BCUT2D eigenvalue weighted by Gasteiger charge is -2.16. The number of thiophene rings is 1. The summed E-state index contributed by atoms with van der Waals surface area (Å²) in [6.45, 7) is 0. The summed E-state index contributed by atoms with van der Waals surface area (Å²) in [6, 6.07) is 4.97. The summed E-state index contributed by atoms with van der Waals surface area (Å²) in [4.78, 5) is 0.748. The summed E-state index contributed by atoms with van der Waals surface area (Å²) in [5, 5.41) is 3.44. The molecule has 0 saturated heterocycles. The third-order valence-corrected chi connectivity index (χ3v) is 5.07. The molecule has 1 aromatic heterocycles. The molecule has 0 spiro atoms. The lowest BCUT2D eigenvalue weighted by atomic mass is 10.0. The Balaban J connectivity index is 2.52. The minimum absolute atomic E-state index is 0.00502. The van der Waals surface area contributed by atoms with Gasteiger partial charge in [-0.05, 0) is 41.2 Å². The van der Waals surface area contributed by atoms with Gasteiger partial charge in [0.2, 0.25) is 0 Å². The molecular formula is C12H9BrClF2NS. The molecule has 0 aliphatic carbocycles. The summed E-state index contributed by atoms with van der Waals surface area (Å²) in [5.74, 6) is -1.15. The van der Waals surface area contributed by atoms with Crippen molar-refractivity contribution in [2.45, 2.75) is 6.04 Å². The lowest BCUT2D eigenvalue weighted by molar-refractivity contribution is 0.524. The Hall–Kier alpha value is -0.490. The van der Waals surface area contributed by atoms with E-state index in [9.17, 15) is 8.78 Å². The van der Waals surface area contributed by atoms with Crippen molar-refractivity contribution in [2.75, 3.05) is 7.05 Å². The Morgan fingerprint density at radius 1 is 1.33 bits per heavy atom. The Kier molecular flexibility index (Phi) is 4.37. The van der Waals surface area contributed by atoms with Crippen LogP contribution in [0.25, 0.3) is 0 Å². The standard InChI is InChI=1S/C12H9BrClF2NS/c1-17-11(9-5-6(14)12(13)18-9)10-7(15)3-2-4-8(10)16/h2-5,11,17H,1H3. The van der Waals surface area contributed by atoms with Crippen LogP contribution in [0, 0.1) is 11.6 Å². The van der Waals surface area contributed by atoms with Gasteiger partial charge in [0, 0.05) is 10.4 Å². The molecular weight excluding hydrogens is 344 g/mol. The van der Waals surface area contributed by atoms with E-state index in [0.29, 0.717) is 5.02 Å². The van der Waals surface area contributed by atoms with E-state index in [-0.39, 0.29) is 5.56 Å². The number of rotatable bonds is 3. The zero-order valence-electron chi connectivity index (χ0n) is 9.31. The largest absolute Gasteiger partial charge is 0.308 e. The van der Waals surface area contributed by atoms with E-state index >= 15 is 0 Å². The second kappa shape index (κ2) is 5.65. The maximum Gasteiger partial charge on any atom is 0.131 e. The van der Waals surface area contributed by atoms with Crippen molar-refractivity contribution in [1.82, 2.24) is 5.32 Å². The van der Waals surface area contributed by atoms with E-state index < -0.39 is 17.7 Å². The molecule has 0 amide bonds. The highest BCUT2D eigenvalue weighted by molar-refractivity contribution is 9.11. The fraction of sp³-hybridized carbons (Fsp3) is 0.167. The third-order valence-electron chi connectivity index (χ3n) is 2.53. The van der Waals surface area contributed by atoms with Crippen molar-refractivity contribution >= 4 is 38.9 Å². The first-order chi connectivity index (χ1) is 8.54. The van der Waals surface area contributed by atoms with Crippen LogP contribution in [-0.2, 0) is 0 Å².